The van der Waals surface area contributed by atoms with Crippen molar-refractivity contribution in [3.8, 4) is 0 Å². The molecule has 2 aromatic carbocycles. The molecule has 2 aromatic rings. The Morgan fingerprint density at radius 2 is 1.15 bits per heavy atom. The molecular weight excluding hydrogens is 426 g/mol. The van der Waals surface area contributed by atoms with Gasteiger partial charge in [0.25, 0.3) is 0 Å². The molecule has 3 rings (SSSR count). The Labute approximate surface area is 204 Å². The van der Waals surface area contributed by atoms with Crippen LogP contribution in [0.4, 0.5) is 4.79 Å². The molecule has 1 heterocycles. The topological polar surface area (TPSA) is 55.8 Å². The molecule has 0 saturated carbocycles. The lowest BCUT2D eigenvalue weighted by molar-refractivity contribution is -0.151. The molecule has 0 aromatic heterocycles. The normalized spacial score (nSPS) is 15.2. The number of piperidine rings is 1. The maximum atomic E-state index is 12.5. The van der Waals surface area contributed by atoms with Gasteiger partial charge in [-0.1, -0.05) is 90.1 Å². The van der Waals surface area contributed by atoms with Crippen LogP contribution < -0.4 is 0 Å². The number of rotatable bonds is 5. The third-order valence-electron chi connectivity index (χ3n) is 6.47. The smallest absolute Gasteiger partial charge is 0.410 e. The molecule has 0 bridgehead atoms. The van der Waals surface area contributed by atoms with Gasteiger partial charge in [0.05, 0.1) is 5.92 Å². The molecule has 1 fully saturated rings. The minimum absolute atomic E-state index is 0.0948. The lowest BCUT2D eigenvalue weighted by Gasteiger charge is -2.30. The van der Waals surface area contributed by atoms with Gasteiger partial charge in [-0.05, 0) is 45.9 Å². The summed E-state index contributed by atoms with van der Waals surface area (Å²) < 4.78 is 11.1. The summed E-state index contributed by atoms with van der Waals surface area (Å²) in [6, 6.07) is 16.4. The summed E-state index contributed by atoms with van der Waals surface area (Å²) in [7, 11) is 0. The molecule has 1 saturated heterocycles. The standard InChI is InChI=1S/C29H39NO4/c1-28(2,3)24-11-7-21(8-12-24)19-33-26(31)23-15-17-30(18-16-23)27(32)34-20-22-9-13-25(14-10-22)29(4,5)6/h7-14,23H,15-20H2,1-6H3. The van der Waals surface area contributed by atoms with E-state index in [1.54, 1.807) is 4.90 Å². The fourth-order valence-electron chi connectivity index (χ4n) is 4.01. The van der Waals surface area contributed by atoms with Crippen LogP contribution in [0.3, 0.4) is 0 Å². The summed E-state index contributed by atoms with van der Waals surface area (Å²) in [5, 5.41) is 0. The van der Waals surface area contributed by atoms with Gasteiger partial charge in [0.15, 0.2) is 0 Å². The van der Waals surface area contributed by atoms with Crippen LogP contribution in [-0.2, 0) is 38.3 Å². The molecule has 184 valence electrons. The van der Waals surface area contributed by atoms with E-state index in [0.29, 0.717) is 25.9 Å². The second-order valence-corrected chi connectivity index (χ2v) is 11.3. The summed E-state index contributed by atoms with van der Waals surface area (Å²) in [5.41, 5.74) is 4.65. The van der Waals surface area contributed by atoms with Crippen molar-refractivity contribution in [3.63, 3.8) is 0 Å². The molecular formula is C29H39NO4. The van der Waals surface area contributed by atoms with Crippen molar-refractivity contribution in [1.29, 1.82) is 0 Å². The highest BCUT2D eigenvalue weighted by molar-refractivity contribution is 5.73. The third-order valence-corrected chi connectivity index (χ3v) is 6.47. The van der Waals surface area contributed by atoms with E-state index in [-0.39, 0.29) is 42.0 Å². The second kappa shape index (κ2) is 10.6. The van der Waals surface area contributed by atoms with Crippen molar-refractivity contribution < 1.29 is 19.1 Å². The lowest BCUT2D eigenvalue weighted by atomic mass is 9.87. The zero-order chi connectivity index (χ0) is 24.9. The molecule has 1 amide bonds. The maximum Gasteiger partial charge on any atom is 0.410 e. The summed E-state index contributed by atoms with van der Waals surface area (Å²) in [4.78, 5) is 26.7. The van der Waals surface area contributed by atoms with Crippen LogP contribution >= 0.6 is 0 Å². The Kier molecular flexibility index (Phi) is 8.06. The number of carbonyl (C=O) groups is 2. The summed E-state index contributed by atoms with van der Waals surface area (Å²) in [5.74, 6) is -0.366. The SMILES string of the molecule is CC(C)(C)c1ccc(COC(=O)C2CCN(C(=O)OCc3ccc(C(C)(C)C)cc3)CC2)cc1. The molecule has 0 unspecified atom stereocenters. The van der Waals surface area contributed by atoms with Crippen molar-refractivity contribution in [2.75, 3.05) is 13.1 Å². The number of hydrogen-bond acceptors (Lipinski definition) is 4. The molecule has 0 atom stereocenters. The van der Waals surface area contributed by atoms with E-state index in [2.05, 4.69) is 65.8 Å². The van der Waals surface area contributed by atoms with Crippen molar-refractivity contribution in [2.45, 2.75) is 78.4 Å². The summed E-state index contributed by atoms with van der Waals surface area (Å²) in [6.45, 7) is 14.6. The molecule has 1 aliphatic rings. The Balaban J connectivity index is 1.40. The highest BCUT2D eigenvalue weighted by Crippen LogP contribution is 2.24. The highest BCUT2D eigenvalue weighted by Gasteiger charge is 2.29. The number of esters is 1. The first-order chi connectivity index (χ1) is 15.9. The van der Waals surface area contributed by atoms with Gasteiger partial charge in [0.1, 0.15) is 13.2 Å². The minimum atomic E-state index is -0.328. The van der Waals surface area contributed by atoms with Gasteiger partial charge in [-0.25, -0.2) is 4.79 Å². The Hall–Kier alpha value is -2.82. The number of likely N-dealkylation sites (tertiary alicyclic amines) is 1. The molecule has 1 aliphatic heterocycles. The number of amides is 1. The lowest BCUT2D eigenvalue weighted by Crippen LogP contribution is -2.40. The van der Waals surface area contributed by atoms with Gasteiger partial charge in [-0.15, -0.1) is 0 Å². The first-order valence-electron chi connectivity index (χ1n) is 12.2. The van der Waals surface area contributed by atoms with E-state index >= 15 is 0 Å². The minimum Gasteiger partial charge on any atom is -0.461 e. The van der Waals surface area contributed by atoms with E-state index in [9.17, 15) is 9.59 Å². The average Bonchev–Trinajstić information content (AvgIpc) is 2.80. The fourth-order valence-corrected chi connectivity index (χ4v) is 4.01. The van der Waals surface area contributed by atoms with Crippen LogP contribution in [-0.4, -0.2) is 30.1 Å². The monoisotopic (exact) mass is 465 g/mol. The van der Waals surface area contributed by atoms with E-state index in [0.717, 1.165) is 11.1 Å². The van der Waals surface area contributed by atoms with Crippen LogP contribution in [0.5, 0.6) is 0 Å². The zero-order valence-corrected chi connectivity index (χ0v) is 21.5. The number of hydrogen-bond donors (Lipinski definition) is 0. The van der Waals surface area contributed by atoms with E-state index < -0.39 is 0 Å². The molecule has 5 nitrogen and oxygen atoms in total. The molecule has 0 radical (unpaired) electrons. The number of benzene rings is 2. The molecule has 0 N–H and O–H groups in total. The van der Waals surface area contributed by atoms with Gasteiger partial charge in [0, 0.05) is 13.1 Å². The van der Waals surface area contributed by atoms with Gasteiger partial charge in [-0.2, -0.15) is 0 Å². The van der Waals surface area contributed by atoms with Crippen LogP contribution in [0, 0.1) is 5.92 Å². The van der Waals surface area contributed by atoms with Crippen molar-refractivity contribution in [3.05, 3.63) is 70.8 Å². The van der Waals surface area contributed by atoms with Gasteiger partial charge in [0.2, 0.25) is 0 Å². The number of nitrogens with zero attached hydrogens (tertiary/aromatic N) is 1. The third kappa shape index (κ3) is 7.09. The summed E-state index contributed by atoms with van der Waals surface area (Å²) >= 11 is 0. The molecule has 34 heavy (non-hydrogen) atoms. The maximum absolute atomic E-state index is 12.5. The quantitative estimate of drug-likeness (QED) is 0.481. The number of ether oxygens (including phenoxy) is 2. The van der Waals surface area contributed by atoms with Gasteiger partial charge in [-0.3, -0.25) is 4.79 Å². The second-order valence-electron chi connectivity index (χ2n) is 11.3. The highest BCUT2D eigenvalue weighted by atomic mass is 16.6. The van der Waals surface area contributed by atoms with Crippen LogP contribution in [0.2, 0.25) is 0 Å². The zero-order valence-electron chi connectivity index (χ0n) is 21.5. The average molecular weight is 466 g/mol. The Morgan fingerprint density at radius 1 is 0.735 bits per heavy atom. The van der Waals surface area contributed by atoms with E-state index in [4.69, 9.17) is 9.47 Å². The van der Waals surface area contributed by atoms with Crippen molar-refractivity contribution >= 4 is 12.1 Å². The van der Waals surface area contributed by atoms with E-state index in [1.165, 1.54) is 11.1 Å². The van der Waals surface area contributed by atoms with Crippen LogP contribution in [0.1, 0.15) is 76.6 Å². The van der Waals surface area contributed by atoms with Gasteiger partial charge < -0.3 is 14.4 Å². The Morgan fingerprint density at radius 3 is 1.56 bits per heavy atom. The molecule has 0 spiro atoms. The molecule has 5 heteroatoms. The van der Waals surface area contributed by atoms with Crippen LogP contribution in [0.25, 0.3) is 0 Å². The van der Waals surface area contributed by atoms with E-state index in [1.807, 2.05) is 24.3 Å². The largest absolute Gasteiger partial charge is 0.461 e. The van der Waals surface area contributed by atoms with Crippen molar-refractivity contribution in [2.24, 2.45) is 5.92 Å². The van der Waals surface area contributed by atoms with Crippen LogP contribution in [0.15, 0.2) is 48.5 Å². The predicted molar refractivity (Wildman–Crippen MR) is 135 cm³/mol. The first kappa shape index (κ1) is 25.8. The van der Waals surface area contributed by atoms with Gasteiger partial charge >= 0.3 is 12.1 Å². The first-order valence-corrected chi connectivity index (χ1v) is 12.2. The fraction of sp³-hybridized carbons (Fsp3) is 0.517. The Bertz CT molecular complexity index is 876. The predicted octanol–water partition coefficient (Wildman–Crippen LogP) is 6.37. The summed E-state index contributed by atoms with van der Waals surface area (Å²) in [6.07, 6.45) is 0.861. The number of carbonyl (C=O) groups excluding carboxylic acids is 2. The van der Waals surface area contributed by atoms with Crippen molar-refractivity contribution in [1.82, 2.24) is 4.90 Å². The molecule has 0 aliphatic carbocycles.